The highest BCUT2D eigenvalue weighted by Crippen LogP contribution is 2.46. The number of amides is 1. The molecule has 2 unspecified atom stereocenters. The Morgan fingerprint density at radius 1 is 0.952 bits per heavy atom. The van der Waals surface area contributed by atoms with Gasteiger partial charge in [-0.1, -0.05) is 67.6 Å². The topological polar surface area (TPSA) is 64.0 Å². The molecule has 0 saturated carbocycles. The molecule has 8 heteroatoms. The maximum atomic E-state index is 14.2. The van der Waals surface area contributed by atoms with E-state index >= 15 is 0 Å². The van der Waals surface area contributed by atoms with Gasteiger partial charge in [0.2, 0.25) is 5.43 Å². The van der Waals surface area contributed by atoms with E-state index in [9.17, 15) is 9.59 Å². The van der Waals surface area contributed by atoms with Gasteiger partial charge in [0.25, 0.3) is 5.91 Å². The van der Waals surface area contributed by atoms with Gasteiger partial charge in [0.05, 0.1) is 6.61 Å². The van der Waals surface area contributed by atoms with Crippen molar-refractivity contribution >= 4 is 17.7 Å². The molecule has 4 aromatic rings. The first-order valence-corrected chi connectivity index (χ1v) is 15.5. The van der Waals surface area contributed by atoms with Crippen LogP contribution in [0.25, 0.3) is 0 Å². The van der Waals surface area contributed by atoms with Crippen LogP contribution in [0, 0.1) is 5.92 Å². The Morgan fingerprint density at radius 2 is 1.79 bits per heavy atom. The predicted octanol–water partition coefficient (Wildman–Crippen LogP) is 5.98. The highest BCUT2D eigenvalue weighted by atomic mass is 32.2. The quantitative estimate of drug-likeness (QED) is 0.298. The zero-order valence-corrected chi connectivity index (χ0v) is 24.4. The normalized spacial score (nSPS) is 19.7. The monoisotopic (exact) mass is 579 g/mol. The number of pyridine rings is 1. The number of hydrogen-bond acceptors (Lipinski definition) is 6. The minimum absolute atomic E-state index is 0.0854. The molecular formula is C34H33N3O4S. The Labute approximate surface area is 249 Å². The zero-order valence-electron chi connectivity index (χ0n) is 23.6. The van der Waals surface area contributed by atoms with Crippen molar-refractivity contribution in [2.24, 2.45) is 5.92 Å². The lowest BCUT2D eigenvalue weighted by Crippen LogP contribution is -2.56. The van der Waals surface area contributed by atoms with E-state index in [0.717, 1.165) is 41.0 Å². The van der Waals surface area contributed by atoms with Crippen LogP contribution < -0.4 is 19.9 Å². The summed E-state index contributed by atoms with van der Waals surface area (Å²) in [5.41, 5.74) is 4.35. The van der Waals surface area contributed by atoms with Crippen molar-refractivity contribution < 1.29 is 14.3 Å². The minimum Gasteiger partial charge on any atom is -0.493 e. The van der Waals surface area contributed by atoms with Crippen LogP contribution in [0.15, 0.2) is 94.7 Å². The molecule has 4 heterocycles. The maximum absolute atomic E-state index is 14.2. The average molecular weight is 580 g/mol. The Bertz CT molecular complexity index is 1690. The van der Waals surface area contributed by atoms with E-state index in [0.29, 0.717) is 25.7 Å². The maximum Gasteiger partial charge on any atom is 0.277 e. The van der Waals surface area contributed by atoms with Crippen LogP contribution in [0.5, 0.6) is 11.5 Å². The van der Waals surface area contributed by atoms with Crippen LogP contribution in [0.2, 0.25) is 0 Å². The summed E-state index contributed by atoms with van der Waals surface area (Å²) in [6.07, 6.45) is 3.46. The van der Waals surface area contributed by atoms with E-state index in [-0.39, 0.29) is 35.4 Å². The first-order valence-electron chi connectivity index (χ1n) is 14.5. The van der Waals surface area contributed by atoms with E-state index in [1.165, 1.54) is 16.5 Å². The minimum atomic E-state index is -0.303. The first kappa shape index (κ1) is 26.7. The van der Waals surface area contributed by atoms with Crippen molar-refractivity contribution in [2.45, 2.75) is 43.1 Å². The molecule has 3 aliphatic heterocycles. The van der Waals surface area contributed by atoms with Crippen molar-refractivity contribution in [3.63, 3.8) is 0 Å². The lowest BCUT2D eigenvalue weighted by atomic mass is 9.93. The van der Waals surface area contributed by atoms with Gasteiger partial charge < -0.3 is 14.4 Å². The van der Waals surface area contributed by atoms with Crippen molar-refractivity contribution in [1.29, 1.82) is 0 Å². The van der Waals surface area contributed by atoms with Crippen molar-refractivity contribution in [3.8, 4) is 11.5 Å². The predicted molar refractivity (Wildman–Crippen MR) is 164 cm³/mol. The smallest absolute Gasteiger partial charge is 0.277 e. The number of benzene rings is 3. The van der Waals surface area contributed by atoms with E-state index < -0.39 is 0 Å². The molecule has 42 heavy (non-hydrogen) atoms. The molecule has 2 bridgehead atoms. The Morgan fingerprint density at radius 3 is 2.67 bits per heavy atom. The van der Waals surface area contributed by atoms with E-state index in [1.807, 2.05) is 51.7 Å². The number of ether oxygens (including phenoxy) is 2. The molecule has 1 aromatic heterocycles. The number of hydrogen-bond donors (Lipinski definition) is 0. The second-order valence-electron chi connectivity index (χ2n) is 11.2. The van der Waals surface area contributed by atoms with Crippen LogP contribution in [0.4, 0.5) is 0 Å². The number of rotatable bonds is 3. The molecule has 1 amide bonds. The Balaban J connectivity index is 1.44. The van der Waals surface area contributed by atoms with E-state index in [2.05, 4.69) is 54.4 Å². The van der Waals surface area contributed by atoms with Crippen molar-refractivity contribution in [3.05, 3.63) is 123 Å². The van der Waals surface area contributed by atoms with Gasteiger partial charge in [-0.25, -0.2) is 0 Å². The molecule has 0 radical (unpaired) electrons. The standard InChI is InChI=1S/C34H33N3O4S/c1-23-14-17-35-22-37(36-18-15-27(38)33(32(36)34(35)39)41-20-24-8-3-2-4-9-24)31-26-11-5-6-13-29(26)42-21-25-10-7-12-28(30(25)31)40-19-16-23/h2-13,15,18,23,31H,14,16-17,19-22H2,1H3. The summed E-state index contributed by atoms with van der Waals surface area (Å²) in [4.78, 5) is 30.6. The van der Waals surface area contributed by atoms with Gasteiger partial charge in [0.1, 0.15) is 25.1 Å². The third kappa shape index (κ3) is 4.83. The third-order valence-electron chi connectivity index (χ3n) is 8.43. The fraction of sp³-hybridized carbons (Fsp3) is 0.294. The second kappa shape index (κ2) is 11.2. The summed E-state index contributed by atoms with van der Waals surface area (Å²) >= 11 is 1.82. The lowest BCUT2D eigenvalue weighted by molar-refractivity contribution is 0.0662. The molecule has 214 valence electrons. The average Bonchev–Trinajstić information content (AvgIpc) is 3.18. The second-order valence-corrected chi connectivity index (χ2v) is 12.2. The molecule has 0 saturated heterocycles. The molecule has 3 aliphatic rings. The lowest BCUT2D eigenvalue weighted by Gasteiger charge is -2.45. The van der Waals surface area contributed by atoms with Gasteiger partial charge in [-0.15, -0.1) is 11.8 Å². The van der Waals surface area contributed by atoms with Crippen LogP contribution in [0.3, 0.4) is 0 Å². The summed E-state index contributed by atoms with van der Waals surface area (Å²) in [5, 5.41) is 2.20. The van der Waals surface area contributed by atoms with Gasteiger partial charge in [-0.3, -0.25) is 19.3 Å². The largest absolute Gasteiger partial charge is 0.493 e. The zero-order chi connectivity index (χ0) is 28.6. The number of carbonyl (C=O) groups is 1. The van der Waals surface area contributed by atoms with E-state index in [4.69, 9.17) is 9.47 Å². The number of fused-ring (bicyclic) bond motifs is 7. The first-order chi connectivity index (χ1) is 20.6. The molecule has 7 rings (SSSR count). The van der Waals surface area contributed by atoms with Crippen LogP contribution >= 0.6 is 11.8 Å². The summed E-state index contributed by atoms with van der Waals surface area (Å²) in [6, 6.07) is 25.8. The van der Waals surface area contributed by atoms with Crippen LogP contribution in [-0.4, -0.2) is 35.3 Å². The number of carbonyl (C=O) groups excluding carboxylic acids is 1. The van der Waals surface area contributed by atoms with E-state index in [1.54, 1.807) is 6.20 Å². The molecular weight excluding hydrogens is 546 g/mol. The molecule has 0 aliphatic carbocycles. The number of nitrogens with zero attached hydrogens (tertiary/aromatic N) is 3. The number of aromatic nitrogens is 1. The Hall–Kier alpha value is -4.17. The summed E-state index contributed by atoms with van der Waals surface area (Å²) in [5.74, 6) is 1.96. The fourth-order valence-electron chi connectivity index (χ4n) is 6.12. The fourth-order valence-corrected chi connectivity index (χ4v) is 7.21. The molecule has 2 atom stereocenters. The summed E-state index contributed by atoms with van der Waals surface area (Å²) in [7, 11) is 0. The molecule has 0 N–H and O–H groups in total. The molecule has 0 spiro atoms. The summed E-state index contributed by atoms with van der Waals surface area (Å²) in [6.45, 7) is 3.97. The SMILES string of the molecule is CC1CCOc2cccc3c2C(c2ccccc2SC3)N2CN(CC1)C(=O)c1c(OCc3ccccc3)c(=O)ccn12. The highest BCUT2D eigenvalue weighted by molar-refractivity contribution is 7.98. The third-order valence-corrected chi connectivity index (χ3v) is 9.57. The van der Waals surface area contributed by atoms with Gasteiger partial charge in [-0.2, -0.15) is 0 Å². The molecule has 0 fully saturated rings. The van der Waals surface area contributed by atoms with Crippen molar-refractivity contribution in [2.75, 3.05) is 24.8 Å². The van der Waals surface area contributed by atoms with Crippen LogP contribution in [-0.2, 0) is 12.4 Å². The van der Waals surface area contributed by atoms with Gasteiger partial charge >= 0.3 is 0 Å². The van der Waals surface area contributed by atoms with Gasteiger partial charge in [0, 0.05) is 35.0 Å². The Kier molecular flexibility index (Phi) is 7.15. The highest BCUT2D eigenvalue weighted by Gasteiger charge is 2.40. The van der Waals surface area contributed by atoms with Gasteiger partial charge in [0.15, 0.2) is 11.4 Å². The van der Waals surface area contributed by atoms with Gasteiger partial charge in [-0.05, 0) is 47.6 Å². The van der Waals surface area contributed by atoms with Crippen LogP contribution in [0.1, 0.15) is 58.5 Å². The molecule has 3 aromatic carbocycles. The molecule has 7 nitrogen and oxygen atoms in total. The number of thioether (sulfide) groups is 1. The van der Waals surface area contributed by atoms with Crippen molar-refractivity contribution in [1.82, 2.24) is 9.58 Å². The summed E-state index contributed by atoms with van der Waals surface area (Å²) < 4.78 is 14.6.